The van der Waals surface area contributed by atoms with Crippen LogP contribution in [0.4, 0.5) is 5.69 Å². The minimum absolute atomic E-state index is 0.0988. The van der Waals surface area contributed by atoms with Crippen molar-refractivity contribution >= 4 is 17.3 Å². The zero-order valence-corrected chi connectivity index (χ0v) is 20.2. The van der Waals surface area contributed by atoms with E-state index in [-0.39, 0.29) is 11.9 Å². The van der Waals surface area contributed by atoms with Crippen molar-refractivity contribution in [3.63, 3.8) is 0 Å². The Balaban J connectivity index is 1.93. The monoisotopic (exact) mass is 427 g/mol. The van der Waals surface area contributed by atoms with Crippen LogP contribution < -0.4 is 5.32 Å². The van der Waals surface area contributed by atoms with Crippen LogP contribution in [0.2, 0.25) is 0 Å². The molecule has 31 heavy (non-hydrogen) atoms. The van der Waals surface area contributed by atoms with Gasteiger partial charge < -0.3 is 15.0 Å². The van der Waals surface area contributed by atoms with Crippen molar-refractivity contribution in [3.05, 3.63) is 41.5 Å². The molecule has 1 fully saturated rings. The summed E-state index contributed by atoms with van der Waals surface area (Å²) in [6.45, 7) is 12.9. The molecule has 2 rings (SSSR count). The van der Waals surface area contributed by atoms with Gasteiger partial charge >= 0.3 is 0 Å². The largest absolute Gasteiger partial charge is 0.381 e. The summed E-state index contributed by atoms with van der Waals surface area (Å²) in [6.07, 6.45) is 4.96. The fourth-order valence-electron chi connectivity index (χ4n) is 4.17. The molecule has 1 saturated heterocycles. The van der Waals surface area contributed by atoms with Crippen LogP contribution in [0.25, 0.3) is 0 Å². The molecule has 0 aromatic heterocycles. The predicted molar refractivity (Wildman–Crippen MR) is 130 cm³/mol. The molecule has 1 N–H and O–H groups in total. The van der Waals surface area contributed by atoms with Gasteiger partial charge in [-0.25, -0.2) is 0 Å². The Morgan fingerprint density at radius 1 is 1.29 bits per heavy atom. The molecule has 0 bridgehead atoms. The molecule has 1 heterocycles. The van der Waals surface area contributed by atoms with Gasteiger partial charge in [0.05, 0.1) is 5.69 Å². The number of likely N-dealkylation sites (N-methyl/N-ethyl adjacent to an activating group) is 1. The van der Waals surface area contributed by atoms with Crippen molar-refractivity contribution in [1.29, 1.82) is 0 Å². The van der Waals surface area contributed by atoms with Crippen molar-refractivity contribution < 1.29 is 9.53 Å². The van der Waals surface area contributed by atoms with Gasteiger partial charge in [-0.2, -0.15) is 0 Å². The number of aryl methyl sites for hydroxylation is 2. The molecule has 5 heteroatoms. The molecule has 0 aliphatic carbocycles. The van der Waals surface area contributed by atoms with Gasteiger partial charge in [-0.1, -0.05) is 31.2 Å². The number of aliphatic imine (C=N–C) groups is 1. The highest BCUT2D eigenvalue weighted by atomic mass is 16.5. The van der Waals surface area contributed by atoms with Crippen LogP contribution in [-0.2, 0) is 16.0 Å². The summed E-state index contributed by atoms with van der Waals surface area (Å²) in [6, 6.07) is 6.53. The van der Waals surface area contributed by atoms with E-state index in [2.05, 4.69) is 48.8 Å². The molecule has 0 saturated carbocycles. The zero-order valence-electron chi connectivity index (χ0n) is 20.2. The number of rotatable bonds is 11. The number of amides is 1. The third kappa shape index (κ3) is 8.96. The molecular weight excluding hydrogens is 386 g/mol. The smallest absolute Gasteiger partial charge is 0.220 e. The third-order valence-corrected chi connectivity index (χ3v) is 5.92. The van der Waals surface area contributed by atoms with Crippen LogP contribution in [0, 0.1) is 12.8 Å². The van der Waals surface area contributed by atoms with Crippen LogP contribution in [0.3, 0.4) is 0 Å². The first-order valence-electron chi connectivity index (χ1n) is 11.6. The summed E-state index contributed by atoms with van der Waals surface area (Å²) in [7, 11) is 4.10. The average Bonchev–Trinajstić information content (AvgIpc) is 2.73. The highest BCUT2D eigenvalue weighted by Gasteiger charge is 2.26. The Bertz CT molecular complexity index is 764. The lowest BCUT2D eigenvalue weighted by Crippen LogP contribution is -2.43. The Kier molecular flexibility index (Phi) is 10.4. The van der Waals surface area contributed by atoms with Gasteiger partial charge in [-0.05, 0) is 83.2 Å². The van der Waals surface area contributed by atoms with Gasteiger partial charge in [0.15, 0.2) is 0 Å². The maximum absolute atomic E-state index is 12.8. The number of hydrogen-bond acceptors (Lipinski definition) is 4. The second-order valence-electron chi connectivity index (χ2n) is 9.14. The highest BCUT2D eigenvalue weighted by molar-refractivity contribution is 5.89. The van der Waals surface area contributed by atoms with E-state index >= 15 is 0 Å². The minimum Gasteiger partial charge on any atom is -0.381 e. The van der Waals surface area contributed by atoms with Crippen molar-refractivity contribution in [3.8, 4) is 0 Å². The molecule has 1 aliphatic heterocycles. The quantitative estimate of drug-likeness (QED) is 0.406. The molecule has 1 aromatic carbocycles. The first-order valence-corrected chi connectivity index (χ1v) is 11.6. The fraction of sp³-hybridized carbons (Fsp3) is 0.615. The number of nitrogens with zero attached hydrogens (tertiary/aromatic N) is 2. The van der Waals surface area contributed by atoms with E-state index in [1.807, 2.05) is 21.0 Å². The summed E-state index contributed by atoms with van der Waals surface area (Å²) < 4.78 is 5.52. The van der Waals surface area contributed by atoms with Gasteiger partial charge in [-0.15, -0.1) is 0 Å². The van der Waals surface area contributed by atoms with E-state index in [1.165, 1.54) is 11.1 Å². The summed E-state index contributed by atoms with van der Waals surface area (Å²) in [5.41, 5.74) is 5.65. The van der Waals surface area contributed by atoms with E-state index in [4.69, 9.17) is 9.73 Å². The van der Waals surface area contributed by atoms with E-state index in [0.29, 0.717) is 18.8 Å². The zero-order chi connectivity index (χ0) is 22.8. The number of hydrogen-bond donors (Lipinski definition) is 1. The van der Waals surface area contributed by atoms with Crippen LogP contribution >= 0.6 is 0 Å². The van der Waals surface area contributed by atoms with Gasteiger partial charge in [0.1, 0.15) is 0 Å². The Morgan fingerprint density at radius 3 is 2.61 bits per heavy atom. The topological polar surface area (TPSA) is 53.9 Å². The van der Waals surface area contributed by atoms with E-state index in [9.17, 15) is 4.79 Å². The standard InChI is InChI=1S/C26H41N3O2/c1-7-22-9-10-24(20(3)17-22)27-21(4)8-11-26(30)28-25(16-19(2)18-29(5)6)23-12-14-31-15-13-23/h9-10,17,23,25H,2,7-8,11-16,18H2,1,3-6H3,(H,28,30)/b27-21+. The highest BCUT2D eigenvalue weighted by Crippen LogP contribution is 2.24. The molecular formula is C26H41N3O2. The van der Waals surface area contributed by atoms with Crippen LogP contribution in [0.1, 0.15) is 57.1 Å². The number of carbonyl (C=O) groups is 1. The van der Waals surface area contributed by atoms with Crippen molar-refractivity contribution in [2.24, 2.45) is 10.9 Å². The van der Waals surface area contributed by atoms with Gasteiger partial charge in [0.25, 0.3) is 0 Å². The lowest BCUT2D eigenvalue weighted by Gasteiger charge is -2.32. The molecule has 5 nitrogen and oxygen atoms in total. The molecule has 1 atom stereocenters. The molecule has 1 unspecified atom stereocenters. The maximum Gasteiger partial charge on any atom is 0.220 e. The summed E-state index contributed by atoms with van der Waals surface area (Å²) in [5, 5.41) is 3.31. The summed E-state index contributed by atoms with van der Waals surface area (Å²) in [5.74, 6) is 0.549. The Morgan fingerprint density at radius 2 is 2.00 bits per heavy atom. The SMILES string of the molecule is C=C(CC(NC(=O)CC/C(C)=N/c1ccc(CC)cc1C)C1CCOCC1)CN(C)C. The van der Waals surface area contributed by atoms with Crippen molar-refractivity contribution in [1.82, 2.24) is 10.2 Å². The van der Waals surface area contributed by atoms with Crippen LogP contribution in [0.15, 0.2) is 35.3 Å². The number of nitrogens with one attached hydrogen (secondary N) is 1. The average molecular weight is 428 g/mol. The number of benzene rings is 1. The van der Waals surface area contributed by atoms with Crippen molar-refractivity contribution in [2.75, 3.05) is 33.9 Å². The molecule has 1 aromatic rings. The van der Waals surface area contributed by atoms with Gasteiger partial charge in [0.2, 0.25) is 5.91 Å². The predicted octanol–water partition coefficient (Wildman–Crippen LogP) is 4.85. The number of carbonyl (C=O) groups excluding carboxylic acids is 1. The van der Waals surface area contributed by atoms with Crippen molar-refractivity contribution in [2.45, 2.75) is 65.3 Å². The number of ether oxygens (including phenoxy) is 1. The van der Waals surface area contributed by atoms with Crippen LogP contribution in [-0.4, -0.2) is 56.4 Å². The third-order valence-electron chi connectivity index (χ3n) is 5.92. The summed E-state index contributed by atoms with van der Waals surface area (Å²) >= 11 is 0. The maximum atomic E-state index is 12.8. The van der Waals surface area contributed by atoms with E-state index < -0.39 is 0 Å². The molecule has 0 radical (unpaired) electrons. The van der Waals surface area contributed by atoms with Gasteiger partial charge in [0, 0.05) is 37.9 Å². The Hall–Kier alpha value is -1.98. The van der Waals surface area contributed by atoms with E-state index in [0.717, 1.165) is 62.4 Å². The minimum atomic E-state index is 0.0988. The fourth-order valence-corrected chi connectivity index (χ4v) is 4.17. The molecule has 0 spiro atoms. The molecule has 1 aliphatic rings. The normalized spacial score (nSPS) is 16.4. The first kappa shape index (κ1) is 25.3. The first-order chi connectivity index (χ1) is 14.8. The molecule has 1 amide bonds. The second-order valence-corrected chi connectivity index (χ2v) is 9.14. The van der Waals surface area contributed by atoms with Crippen LogP contribution in [0.5, 0.6) is 0 Å². The second kappa shape index (κ2) is 12.8. The van der Waals surface area contributed by atoms with Gasteiger partial charge in [-0.3, -0.25) is 9.79 Å². The lowest BCUT2D eigenvalue weighted by molar-refractivity contribution is -0.122. The Labute approximate surface area is 189 Å². The molecule has 172 valence electrons. The lowest BCUT2D eigenvalue weighted by atomic mass is 9.87. The summed E-state index contributed by atoms with van der Waals surface area (Å²) in [4.78, 5) is 19.7. The van der Waals surface area contributed by atoms with E-state index in [1.54, 1.807) is 0 Å².